The first-order valence-corrected chi connectivity index (χ1v) is 12.9. The predicted octanol–water partition coefficient (Wildman–Crippen LogP) is 3.77. The Kier molecular flexibility index (Phi) is 5.07. The second-order valence-electron chi connectivity index (χ2n) is 10.4. The molecule has 2 amide bonds. The smallest absolute Gasteiger partial charge is 0.262 e. The maximum atomic E-state index is 14.0. The zero-order chi connectivity index (χ0) is 27.1. The minimum atomic E-state index is -1.24. The van der Waals surface area contributed by atoms with Crippen molar-refractivity contribution in [2.75, 3.05) is 11.5 Å². The van der Waals surface area contributed by atoms with Crippen LogP contribution in [0.25, 0.3) is 21.9 Å². The number of aromatic nitrogens is 2. The topological polar surface area (TPSA) is 139 Å². The van der Waals surface area contributed by atoms with Gasteiger partial charge in [0.25, 0.3) is 5.88 Å². The van der Waals surface area contributed by atoms with Gasteiger partial charge in [0.2, 0.25) is 11.8 Å². The van der Waals surface area contributed by atoms with Gasteiger partial charge in [-0.05, 0) is 54.5 Å². The highest BCUT2D eigenvalue weighted by Gasteiger charge is 2.77. The van der Waals surface area contributed by atoms with Crippen LogP contribution in [0.4, 0.5) is 5.69 Å². The maximum Gasteiger partial charge on any atom is 0.262 e. The number of carbonyl (C=O) groups excluding carboxylic acids is 2. The zero-order valence-electron chi connectivity index (χ0n) is 20.6. The summed E-state index contributed by atoms with van der Waals surface area (Å²) in [6, 6.07) is 13.7. The van der Waals surface area contributed by atoms with Gasteiger partial charge in [0, 0.05) is 29.4 Å². The highest BCUT2D eigenvalue weighted by Crippen LogP contribution is 2.62. The number of hydrogen-bond donors (Lipinski definition) is 1. The number of amides is 2. The summed E-state index contributed by atoms with van der Waals surface area (Å²) in [7, 11) is 0. The molecule has 0 saturated carbocycles. The molecule has 39 heavy (non-hydrogen) atoms. The Morgan fingerprint density at radius 1 is 1.21 bits per heavy atom. The number of ether oxygens (including phenoxy) is 2. The first kappa shape index (κ1) is 24.0. The van der Waals surface area contributed by atoms with Crippen LogP contribution in [-0.2, 0) is 14.3 Å². The molecule has 196 valence electrons. The molecule has 3 aliphatic heterocycles. The number of nitrogens with zero attached hydrogens (tertiary/aromatic N) is 4. The average Bonchev–Trinajstić information content (AvgIpc) is 3.60. The summed E-state index contributed by atoms with van der Waals surface area (Å²) in [5.74, 6) is -2.28. The number of nitriles is 1. The molecule has 2 bridgehead atoms. The van der Waals surface area contributed by atoms with E-state index in [0.717, 1.165) is 0 Å². The predicted molar refractivity (Wildman–Crippen MR) is 138 cm³/mol. The molecule has 0 spiro atoms. The van der Waals surface area contributed by atoms with Crippen LogP contribution in [0.2, 0.25) is 5.02 Å². The Labute approximate surface area is 226 Å². The van der Waals surface area contributed by atoms with Gasteiger partial charge in [-0.2, -0.15) is 5.26 Å². The molecule has 2 aromatic heterocycles. The van der Waals surface area contributed by atoms with E-state index in [4.69, 9.17) is 25.6 Å². The third-order valence-corrected chi connectivity index (χ3v) is 8.62. The first-order valence-electron chi connectivity index (χ1n) is 12.5. The van der Waals surface area contributed by atoms with Crippen LogP contribution in [-0.4, -0.2) is 51.0 Å². The summed E-state index contributed by atoms with van der Waals surface area (Å²) >= 11 is 6.11. The fraction of sp³-hybridized carbons (Fsp3) is 0.321. The van der Waals surface area contributed by atoms with Gasteiger partial charge in [0.05, 0.1) is 52.3 Å². The Bertz CT molecular complexity index is 1750. The van der Waals surface area contributed by atoms with E-state index in [1.165, 1.54) is 4.90 Å². The average molecular weight is 545 g/mol. The molecule has 3 aliphatic rings. The van der Waals surface area contributed by atoms with Crippen LogP contribution in [0.5, 0.6) is 5.88 Å². The van der Waals surface area contributed by atoms with Crippen molar-refractivity contribution in [3.63, 3.8) is 0 Å². The maximum absolute atomic E-state index is 14.0. The minimum Gasteiger partial charge on any atom is -0.475 e. The summed E-state index contributed by atoms with van der Waals surface area (Å²) < 4.78 is 17.6. The second-order valence-corrected chi connectivity index (χ2v) is 10.8. The number of benzene rings is 2. The summed E-state index contributed by atoms with van der Waals surface area (Å²) in [6.07, 6.45) is 1.03. The summed E-state index contributed by atoms with van der Waals surface area (Å²) in [5.41, 5.74) is -0.723. The molecule has 5 atom stereocenters. The number of fused-ring (bicyclic) bond motifs is 7. The van der Waals surface area contributed by atoms with Crippen LogP contribution >= 0.6 is 11.6 Å². The van der Waals surface area contributed by atoms with Crippen LogP contribution in [0.1, 0.15) is 25.3 Å². The Hall–Kier alpha value is -4.04. The molecule has 0 unspecified atom stereocenters. The van der Waals surface area contributed by atoms with Crippen LogP contribution in [0.3, 0.4) is 0 Å². The number of aliphatic hydroxyl groups excluding tert-OH is 1. The fourth-order valence-corrected chi connectivity index (χ4v) is 6.79. The lowest BCUT2D eigenvalue weighted by atomic mass is 9.66. The highest BCUT2D eigenvalue weighted by molar-refractivity contribution is 6.31. The molecule has 1 N–H and O–H groups in total. The van der Waals surface area contributed by atoms with E-state index < -0.39 is 41.0 Å². The molecule has 2 aromatic carbocycles. The Morgan fingerprint density at radius 3 is 2.85 bits per heavy atom. The molecule has 11 heteroatoms. The lowest BCUT2D eigenvalue weighted by Gasteiger charge is -2.33. The minimum absolute atomic E-state index is 0.103. The van der Waals surface area contributed by atoms with Crippen molar-refractivity contribution in [2.45, 2.75) is 37.1 Å². The van der Waals surface area contributed by atoms with Gasteiger partial charge in [-0.25, -0.2) is 4.90 Å². The largest absolute Gasteiger partial charge is 0.475 e. The molecule has 0 aliphatic carbocycles. The monoisotopic (exact) mass is 544 g/mol. The molecule has 3 saturated heterocycles. The normalized spacial score (nSPS) is 29.4. The Morgan fingerprint density at radius 2 is 2.03 bits per heavy atom. The van der Waals surface area contributed by atoms with E-state index >= 15 is 0 Å². The van der Waals surface area contributed by atoms with Gasteiger partial charge in [-0.1, -0.05) is 11.6 Å². The highest BCUT2D eigenvalue weighted by atomic mass is 35.5. The SMILES string of the molecule is C[C@@]12O[C@@](CCOc3noc4ccc(Cl)cc34)(C[C@H]1O)[C@@H]1C(=O)N(c3ccc(C#N)c4ncccc34)C(=O)[C@@H]12. The number of aliphatic hydroxyl groups is 1. The van der Waals surface area contributed by atoms with Gasteiger partial charge in [0.1, 0.15) is 11.7 Å². The van der Waals surface area contributed by atoms with Crippen LogP contribution < -0.4 is 9.64 Å². The third kappa shape index (κ3) is 3.21. The van der Waals surface area contributed by atoms with Crippen molar-refractivity contribution in [1.29, 1.82) is 5.26 Å². The van der Waals surface area contributed by atoms with Crippen LogP contribution in [0.15, 0.2) is 53.2 Å². The number of rotatable bonds is 5. The van der Waals surface area contributed by atoms with Gasteiger partial charge in [-0.15, -0.1) is 0 Å². The quantitative estimate of drug-likeness (QED) is 0.372. The number of anilines is 1. The molecular formula is C28H21ClN4O6. The lowest BCUT2D eigenvalue weighted by Crippen LogP contribution is -2.49. The molecule has 7 rings (SSSR count). The van der Waals surface area contributed by atoms with Gasteiger partial charge < -0.3 is 19.1 Å². The zero-order valence-corrected chi connectivity index (χ0v) is 21.4. The number of imide groups is 1. The molecule has 10 nitrogen and oxygen atoms in total. The molecule has 0 radical (unpaired) electrons. The van der Waals surface area contributed by atoms with Crippen LogP contribution in [0, 0.1) is 23.2 Å². The second kappa shape index (κ2) is 8.23. The van der Waals surface area contributed by atoms with Crippen molar-refractivity contribution < 1.29 is 28.7 Å². The van der Waals surface area contributed by atoms with E-state index in [1.807, 2.05) is 0 Å². The number of carbonyl (C=O) groups is 2. The fourth-order valence-electron chi connectivity index (χ4n) is 6.62. The third-order valence-electron chi connectivity index (χ3n) is 8.39. The van der Waals surface area contributed by atoms with E-state index in [2.05, 4.69) is 16.2 Å². The standard InChI is InChI=1S/C28H21ClN4O6/c1-27-20(34)12-28(39-27,8-10-37-24-17-11-15(29)5-7-19(17)38-32-24)22-21(27)25(35)33(26(22)36)18-6-4-14(13-30)23-16(18)3-2-9-31-23/h2-7,9,11,20-22,34H,8,10,12H2,1H3/t20-,21-,22+,27-,28+/m1/s1. The van der Waals surface area contributed by atoms with E-state index in [1.54, 1.807) is 55.6 Å². The first-order chi connectivity index (χ1) is 18.8. The summed E-state index contributed by atoms with van der Waals surface area (Å²) in [4.78, 5) is 33.4. The lowest BCUT2D eigenvalue weighted by molar-refractivity contribution is -0.134. The molecule has 3 fully saturated rings. The van der Waals surface area contributed by atoms with Crippen molar-refractivity contribution in [2.24, 2.45) is 11.8 Å². The van der Waals surface area contributed by atoms with E-state index in [0.29, 0.717) is 38.1 Å². The molecule has 5 heterocycles. The van der Waals surface area contributed by atoms with Crippen molar-refractivity contribution >= 4 is 51.0 Å². The number of pyridine rings is 1. The van der Waals surface area contributed by atoms with Gasteiger partial charge in [-0.3, -0.25) is 14.6 Å². The number of hydrogen-bond acceptors (Lipinski definition) is 9. The van der Waals surface area contributed by atoms with Crippen molar-refractivity contribution in [3.05, 3.63) is 59.2 Å². The number of halogens is 1. The molecule has 4 aromatic rings. The van der Waals surface area contributed by atoms with Gasteiger partial charge in [0.15, 0.2) is 5.58 Å². The van der Waals surface area contributed by atoms with E-state index in [9.17, 15) is 20.0 Å². The summed E-state index contributed by atoms with van der Waals surface area (Å²) in [5, 5.41) is 26.1. The summed E-state index contributed by atoms with van der Waals surface area (Å²) in [6.45, 7) is 1.79. The van der Waals surface area contributed by atoms with Crippen molar-refractivity contribution in [3.8, 4) is 11.9 Å². The van der Waals surface area contributed by atoms with E-state index in [-0.39, 0.29) is 25.3 Å². The van der Waals surface area contributed by atoms with Gasteiger partial charge >= 0.3 is 0 Å². The van der Waals surface area contributed by atoms with Crippen molar-refractivity contribution in [1.82, 2.24) is 10.1 Å². The molecular weight excluding hydrogens is 524 g/mol. The Balaban J connectivity index is 1.23.